The lowest BCUT2D eigenvalue weighted by molar-refractivity contribution is 0.340. The van der Waals surface area contributed by atoms with Gasteiger partial charge < -0.3 is 4.74 Å². The molecule has 0 aliphatic carbocycles. The van der Waals surface area contributed by atoms with Crippen LogP contribution in [0.25, 0.3) is 0 Å². The van der Waals surface area contributed by atoms with Crippen molar-refractivity contribution in [2.75, 3.05) is 6.61 Å². The van der Waals surface area contributed by atoms with Crippen LogP contribution in [0.15, 0.2) is 48.5 Å². The number of ether oxygens (including phenoxy) is 1. The summed E-state index contributed by atoms with van der Waals surface area (Å²) in [7, 11) is 0. The van der Waals surface area contributed by atoms with Crippen LogP contribution in [0.4, 0.5) is 0 Å². The third kappa shape index (κ3) is 4.60. The van der Waals surface area contributed by atoms with Crippen LogP contribution < -0.4 is 4.74 Å². The first-order chi connectivity index (χ1) is 10.1. The van der Waals surface area contributed by atoms with E-state index in [0.29, 0.717) is 12.5 Å². The molecule has 2 heteroatoms. The van der Waals surface area contributed by atoms with Crippen LogP contribution in [0.2, 0.25) is 0 Å². The molecule has 1 unspecified atom stereocenters. The van der Waals surface area contributed by atoms with Gasteiger partial charge in [-0.2, -0.15) is 0 Å². The Morgan fingerprint density at radius 1 is 0.905 bits per heavy atom. The van der Waals surface area contributed by atoms with Crippen LogP contribution >= 0.6 is 15.9 Å². The SMILES string of the molecule is CCOc1ccc(C(Br)c2ccc(CC(C)C)cc2)cc1. The van der Waals surface area contributed by atoms with Crippen LogP contribution in [0.5, 0.6) is 5.75 Å². The van der Waals surface area contributed by atoms with Gasteiger partial charge in [-0.1, -0.05) is 66.2 Å². The summed E-state index contributed by atoms with van der Waals surface area (Å²) >= 11 is 3.79. The topological polar surface area (TPSA) is 9.23 Å². The van der Waals surface area contributed by atoms with E-state index in [2.05, 4.69) is 66.2 Å². The second-order valence-electron chi connectivity index (χ2n) is 5.70. The third-order valence-corrected chi connectivity index (χ3v) is 4.46. The first-order valence-corrected chi connectivity index (χ1v) is 8.47. The van der Waals surface area contributed by atoms with Gasteiger partial charge in [-0.15, -0.1) is 0 Å². The zero-order valence-electron chi connectivity index (χ0n) is 13.0. The number of hydrogen-bond acceptors (Lipinski definition) is 1. The summed E-state index contributed by atoms with van der Waals surface area (Å²) in [5, 5.41) is 0. The van der Waals surface area contributed by atoms with Gasteiger partial charge in [0.25, 0.3) is 0 Å². The lowest BCUT2D eigenvalue weighted by Gasteiger charge is -2.13. The van der Waals surface area contributed by atoms with Crippen LogP contribution in [-0.2, 0) is 6.42 Å². The predicted octanol–water partition coefficient (Wildman–Crippen LogP) is 5.77. The molecule has 1 nitrogen and oxygen atoms in total. The molecule has 21 heavy (non-hydrogen) atoms. The summed E-state index contributed by atoms with van der Waals surface area (Å²) in [6.45, 7) is 7.20. The van der Waals surface area contributed by atoms with Crippen LogP contribution in [0.1, 0.15) is 42.3 Å². The lowest BCUT2D eigenvalue weighted by Crippen LogP contribution is -1.97. The molecule has 112 valence electrons. The molecule has 1 atom stereocenters. The molecule has 2 rings (SSSR count). The molecule has 0 bridgehead atoms. The Hall–Kier alpha value is -1.28. The van der Waals surface area contributed by atoms with Crippen molar-refractivity contribution in [2.24, 2.45) is 5.92 Å². The Kier molecular flexibility index (Phi) is 5.86. The van der Waals surface area contributed by atoms with Gasteiger partial charge >= 0.3 is 0 Å². The quantitative estimate of drug-likeness (QED) is 0.603. The van der Waals surface area contributed by atoms with E-state index in [0.717, 1.165) is 12.2 Å². The summed E-state index contributed by atoms with van der Waals surface area (Å²) in [6, 6.07) is 17.2. The molecule has 0 saturated carbocycles. The summed E-state index contributed by atoms with van der Waals surface area (Å²) in [6.07, 6.45) is 1.14. The van der Waals surface area contributed by atoms with E-state index in [9.17, 15) is 0 Å². The van der Waals surface area contributed by atoms with Gasteiger partial charge in [0.05, 0.1) is 11.4 Å². The van der Waals surface area contributed by atoms with Crippen LogP contribution in [0.3, 0.4) is 0 Å². The fourth-order valence-electron chi connectivity index (χ4n) is 2.39. The molecule has 2 aromatic carbocycles. The fourth-order valence-corrected chi connectivity index (χ4v) is 3.00. The standard InChI is InChI=1S/C19H23BrO/c1-4-21-18-11-9-17(10-12-18)19(20)16-7-5-15(6-8-16)13-14(2)3/h5-12,14,19H,4,13H2,1-3H3. The molecule has 0 N–H and O–H groups in total. The molecule has 0 saturated heterocycles. The number of alkyl halides is 1. The molecule has 0 radical (unpaired) electrons. The number of benzene rings is 2. The second kappa shape index (κ2) is 7.65. The van der Waals surface area contributed by atoms with Gasteiger partial charge in [0.15, 0.2) is 0 Å². The smallest absolute Gasteiger partial charge is 0.119 e. The monoisotopic (exact) mass is 346 g/mol. The van der Waals surface area contributed by atoms with E-state index in [-0.39, 0.29) is 4.83 Å². The summed E-state index contributed by atoms with van der Waals surface area (Å²) < 4.78 is 5.48. The minimum atomic E-state index is 0.223. The van der Waals surface area contributed by atoms with E-state index in [1.165, 1.54) is 16.7 Å². The largest absolute Gasteiger partial charge is 0.494 e. The van der Waals surface area contributed by atoms with Crippen molar-refractivity contribution < 1.29 is 4.74 Å². The highest BCUT2D eigenvalue weighted by Crippen LogP contribution is 2.32. The minimum Gasteiger partial charge on any atom is -0.494 e. The number of halogens is 1. The Bertz CT molecular complexity index is 543. The van der Waals surface area contributed by atoms with E-state index < -0.39 is 0 Å². The van der Waals surface area contributed by atoms with Crippen molar-refractivity contribution in [1.29, 1.82) is 0 Å². The van der Waals surface area contributed by atoms with Crippen LogP contribution in [0, 0.1) is 5.92 Å². The van der Waals surface area contributed by atoms with Crippen molar-refractivity contribution in [2.45, 2.75) is 32.0 Å². The molecular formula is C19H23BrO. The van der Waals surface area contributed by atoms with Crippen molar-refractivity contribution in [3.63, 3.8) is 0 Å². The normalized spacial score (nSPS) is 12.4. The van der Waals surface area contributed by atoms with Crippen molar-refractivity contribution in [3.8, 4) is 5.75 Å². The van der Waals surface area contributed by atoms with Gasteiger partial charge in [-0.3, -0.25) is 0 Å². The maximum Gasteiger partial charge on any atom is 0.119 e. The summed E-state index contributed by atoms with van der Waals surface area (Å²) in [4.78, 5) is 0.223. The Balaban J connectivity index is 2.09. The highest BCUT2D eigenvalue weighted by Gasteiger charge is 2.10. The molecule has 2 aromatic rings. The average molecular weight is 347 g/mol. The second-order valence-corrected chi connectivity index (χ2v) is 6.62. The molecule has 0 spiro atoms. The highest BCUT2D eigenvalue weighted by molar-refractivity contribution is 9.09. The van der Waals surface area contributed by atoms with Gasteiger partial charge in [-0.05, 0) is 48.1 Å². The summed E-state index contributed by atoms with van der Waals surface area (Å²) in [5.41, 5.74) is 3.93. The van der Waals surface area contributed by atoms with Gasteiger partial charge in [-0.25, -0.2) is 0 Å². The van der Waals surface area contributed by atoms with E-state index in [1.54, 1.807) is 0 Å². The maximum absolute atomic E-state index is 5.48. The molecule has 0 aliphatic rings. The third-order valence-electron chi connectivity index (χ3n) is 3.40. The fraction of sp³-hybridized carbons (Fsp3) is 0.368. The first-order valence-electron chi connectivity index (χ1n) is 7.55. The first kappa shape index (κ1) is 16.1. The molecule has 0 aromatic heterocycles. The summed E-state index contributed by atoms with van der Waals surface area (Å²) in [5.74, 6) is 1.62. The Morgan fingerprint density at radius 2 is 1.43 bits per heavy atom. The van der Waals surface area contributed by atoms with E-state index in [1.807, 2.05) is 19.1 Å². The molecule has 0 aliphatic heterocycles. The maximum atomic E-state index is 5.48. The number of rotatable bonds is 6. The Labute approximate surface area is 136 Å². The molecule has 0 fully saturated rings. The molecule has 0 amide bonds. The number of hydrogen-bond donors (Lipinski definition) is 0. The lowest BCUT2D eigenvalue weighted by atomic mass is 9.99. The predicted molar refractivity (Wildman–Crippen MR) is 93.4 cm³/mol. The zero-order chi connectivity index (χ0) is 15.2. The van der Waals surface area contributed by atoms with Crippen molar-refractivity contribution in [1.82, 2.24) is 0 Å². The average Bonchev–Trinajstić information content (AvgIpc) is 2.48. The van der Waals surface area contributed by atoms with Crippen molar-refractivity contribution >= 4 is 15.9 Å². The van der Waals surface area contributed by atoms with Crippen LogP contribution in [-0.4, -0.2) is 6.61 Å². The van der Waals surface area contributed by atoms with Gasteiger partial charge in [0, 0.05) is 0 Å². The van der Waals surface area contributed by atoms with E-state index >= 15 is 0 Å². The van der Waals surface area contributed by atoms with Gasteiger partial charge in [0.1, 0.15) is 5.75 Å². The molecule has 0 heterocycles. The minimum absolute atomic E-state index is 0.223. The Morgan fingerprint density at radius 3 is 1.90 bits per heavy atom. The zero-order valence-corrected chi connectivity index (χ0v) is 14.6. The molecular weight excluding hydrogens is 324 g/mol. The van der Waals surface area contributed by atoms with Gasteiger partial charge in [0.2, 0.25) is 0 Å². The van der Waals surface area contributed by atoms with E-state index in [4.69, 9.17) is 4.74 Å². The van der Waals surface area contributed by atoms with Crippen molar-refractivity contribution in [3.05, 3.63) is 65.2 Å². The highest BCUT2D eigenvalue weighted by atomic mass is 79.9.